The first kappa shape index (κ1) is 22.0. The summed E-state index contributed by atoms with van der Waals surface area (Å²) >= 11 is 0. The van der Waals surface area contributed by atoms with E-state index in [4.69, 9.17) is 5.73 Å². The van der Waals surface area contributed by atoms with Gasteiger partial charge in [-0.2, -0.15) is 13.2 Å². The Kier molecular flexibility index (Phi) is 7.64. The van der Waals surface area contributed by atoms with Crippen LogP contribution < -0.4 is 11.1 Å². The van der Waals surface area contributed by atoms with Gasteiger partial charge in [0.05, 0.1) is 10.5 Å². The lowest BCUT2D eigenvalue weighted by molar-refractivity contribution is -0.384. The monoisotopic (exact) mass is 396 g/mol. The number of benzene rings is 1. The first-order chi connectivity index (χ1) is 11.7. The molecule has 0 aliphatic carbocycles. The molecule has 3 N–H and O–H groups in total. The predicted octanol–water partition coefficient (Wildman–Crippen LogP) is 2.79. The minimum absolute atomic E-state index is 0. The number of anilines is 1. The molecule has 1 saturated heterocycles. The Labute approximate surface area is 154 Å². The summed E-state index contributed by atoms with van der Waals surface area (Å²) in [7, 11) is 0. The van der Waals surface area contributed by atoms with Crippen molar-refractivity contribution in [2.45, 2.75) is 31.5 Å². The van der Waals surface area contributed by atoms with Crippen LogP contribution in [0.4, 0.5) is 24.5 Å². The van der Waals surface area contributed by atoms with Gasteiger partial charge in [0.25, 0.3) is 5.69 Å². The molecule has 1 unspecified atom stereocenters. The van der Waals surface area contributed by atoms with Crippen molar-refractivity contribution in [1.29, 1.82) is 0 Å². The molecule has 146 valence electrons. The van der Waals surface area contributed by atoms with Crippen LogP contribution in [0.15, 0.2) is 18.2 Å². The van der Waals surface area contributed by atoms with Crippen LogP contribution in [0.3, 0.4) is 0 Å². The van der Waals surface area contributed by atoms with Gasteiger partial charge in [-0.3, -0.25) is 14.9 Å². The number of likely N-dealkylation sites (tertiary alicyclic amines) is 1. The number of carbonyl (C=O) groups is 1. The van der Waals surface area contributed by atoms with Gasteiger partial charge in [-0.1, -0.05) is 0 Å². The van der Waals surface area contributed by atoms with Gasteiger partial charge in [-0.15, -0.1) is 12.4 Å². The van der Waals surface area contributed by atoms with Crippen LogP contribution in [0.5, 0.6) is 0 Å². The van der Waals surface area contributed by atoms with Gasteiger partial charge in [0, 0.05) is 38.2 Å². The summed E-state index contributed by atoms with van der Waals surface area (Å²) < 4.78 is 38.0. The van der Waals surface area contributed by atoms with E-state index < -0.39 is 22.4 Å². The molecule has 26 heavy (non-hydrogen) atoms. The first-order valence-electron chi connectivity index (χ1n) is 7.83. The number of nitrogens with one attached hydrogen (secondary N) is 1. The van der Waals surface area contributed by atoms with Crippen LogP contribution in [0, 0.1) is 10.1 Å². The van der Waals surface area contributed by atoms with Crippen molar-refractivity contribution in [1.82, 2.24) is 4.90 Å². The van der Waals surface area contributed by atoms with Crippen molar-refractivity contribution in [3.63, 3.8) is 0 Å². The van der Waals surface area contributed by atoms with E-state index in [0.717, 1.165) is 25.0 Å². The van der Waals surface area contributed by atoms with Crippen LogP contribution in [-0.2, 0) is 11.0 Å². The number of hydrogen-bond donors (Lipinski definition) is 2. The van der Waals surface area contributed by atoms with Crippen LogP contribution >= 0.6 is 12.4 Å². The first-order valence-corrected chi connectivity index (χ1v) is 7.83. The highest BCUT2D eigenvalue weighted by molar-refractivity contribution is 5.85. The zero-order chi connectivity index (χ0) is 18.6. The van der Waals surface area contributed by atoms with E-state index in [2.05, 4.69) is 5.32 Å². The Morgan fingerprint density at radius 1 is 1.42 bits per heavy atom. The van der Waals surface area contributed by atoms with E-state index in [1.165, 1.54) is 0 Å². The topological polar surface area (TPSA) is 102 Å². The molecule has 1 amide bonds. The molecule has 1 aliphatic rings. The summed E-state index contributed by atoms with van der Waals surface area (Å²) in [4.78, 5) is 24.0. The number of rotatable bonds is 6. The van der Waals surface area contributed by atoms with Crippen LogP contribution in [-0.4, -0.2) is 41.4 Å². The van der Waals surface area contributed by atoms with Gasteiger partial charge in [0.1, 0.15) is 5.69 Å². The molecule has 11 heteroatoms. The maximum absolute atomic E-state index is 12.7. The van der Waals surface area contributed by atoms with Gasteiger partial charge in [-0.05, 0) is 25.0 Å². The lowest BCUT2D eigenvalue weighted by Crippen LogP contribution is -2.40. The smallest absolute Gasteiger partial charge is 0.379 e. The highest BCUT2D eigenvalue weighted by Crippen LogP contribution is 2.34. The molecule has 0 spiro atoms. The van der Waals surface area contributed by atoms with Gasteiger partial charge >= 0.3 is 6.18 Å². The molecule has 1 aliphatic heterocycles. The fraction of sp³-hybridized carbons (Fsp3) is 0.533. The number of nitro groups is 1. The lowest BCUT2D eigenvalue weighted by atomic mass is 10.1. The third kappa shape index (κ3) is 5.21. The van der Waals surface area contributed by atoms with E-state index in [-0.39, 0.29) is 43.0 Å². The third-order valence-corrected chi connectivity index (χ3v) is 4.15. The average Bonchev–Trinajstić information content (AvgIpc) is 3.02. The highest BCUT2D eigenvalue weighted by Gasteiger charge is 2.33. The largest absolute Gasteiger partial charge is 0.416 e. The highest BCUT2D eigenvalue weighted by atomic mass is 35.5. The van der Waals surface area contributed by atoms with Gasteiger partial charge in [0.15, 0.2) is 0 Å². The third-order valence-electron chi connectivity index (χ3n) is 4.15. The Hall–Kier alpha value is -2.07. The van der Waals surface area contributed by atoms with E-state index in [1.807, 2.05) is 0 Å². The minimum Gasteiger partial charge on any atom is -0.379 e. The molecule has 0 bridgehead atoms. The molecular weight excluding hydrogens is 377 g/mol. The number of carbonyl (C=O) groups excluding carboxylic acids is 1. The molecule has 1 aromatic rings. The molecule has 7 nitrogen and oxygen atoms in total. The molecule has 1 heterocycles. The van der Waals surface area contributed by atoms with E-state index in [1.54, 1.807) is 4.90 Å². The number of halogens is 4. The molecule has 0 saturated carbocycles. The summed E-state index contributed by atoms with van der Waals surface area (Å²) in [5.41, 5.74) is 3.78. The molecule has 0 radical (unpaired) electrons. The Balaban J connectivity index is 0.00000338. The van der Waals surface area contributed by atoms with E-state index in [0.29, 0.717) is 19.2 Å². The van der Waals surface area contributed by atoms with Crippen molar-refractivity contribution in [2.75, 3.05) is 25.0 Å². The molecule has 1 atom stereocenters. The maximum atomic E-state index is 12.7. The van der Waals surface area contributed by atoms with Crippen molar-refractivity contribution in [3.8, 4) is 0 Å². The van der Waals surface area contributed by atoms with Gasteiger partial charge < -0.3 is 16.0 Å². The summed E-state index contributed by atoms with van der Waals surface area (Å²) in [5.74, 6) is -0.130. The van der Waals surface area contributed by atoms with E-state index in [9.17, 15) is 28.1 Å². The SMILES string of the molecule is Cl.NCC1CCCN1C(=O)CCNc1ccc(C(F)(F)F)cc1[N+](=O)[O-]. The number of nitro benzene ring substituents is 1. The fourth-order valence-electron chi connectivity index (χ4n) is 2.87. The van der Waals surface area contributed by atoms with Crippen LogP contribution in [0.2, 0.25) is 0 Å². The van der Waals surface area contributed by atoms with Crippen molar-refractivity contribution < 1.29 is 22.9 Å². The molecule has 1 fully saturated rings. The van der Waals surface area contributed by atoms with Crippen LogP contribution in [0.25, 0.3) is 0 Å². The van der Waals surface area contributed by atoms with Gasteiger partial charge in [0.2, 0.25) is 5.91 Å². The predicted molar refractivity (Wildman–Crippen MR) is 92.2 cm³/mol. The van der Waals surface area contributed by atoms with Crippen molar-refractivity contribution in [3.05, 3.63) is 33.9 Å². The second-order valence-corrected chi connectivity index (χ2v) is 5.78. The number of alkyl halides is 3. The number of amides is 1. The lowest BCUT2D eigenvalue weighted by Gasteiger charge is -2.23. The number of nitrogens with zero attached hydrogens (tertiary/aromatic N) is 2. The Morgan fingerprint density at radius 3 is 2.69 bits per heavy atom. The summed E-state index contributed by atoms with van der Waals surface area (Å²) in [6.07, 6.45) is -2.85. The quantitative estimate of drug-likeness (QED) is 0.568. The van der Waals surface area contributed by atoms with Crippen molar-refractivity contribution in [2.24, 2.45) is 5.73 Å². The summed E-state index contributed by atoms with van der Waals surface area (Å²) in [5, 5.41) is 13.7. The molecule has 0 aromatic heterocycles. The van der Waals surface area contributed by atoms with Gasteiger partial charge in [-0.25, -0.2) is 0 Å². The standard InChI is InChI=1S/C15H19F3N4O3.ClH/c16-15(17,18)10-3-4-12(13(8-10)22(24)25)20-6-5-14(23)21-7-1-2-11(21)9-19;/h3-4,8,11,20H,1-2,5-7,9,19H2;1H. The average molecular weight is 397 g/mol. The Morgan fingerprint density at radius 2 is 2.12 bits per heavy atom. The second-order valence-electron chi connectivity index (χ2n) is 5.78. The molecule has 2 rings (SSSR count). The fourth-order valence-corrected chi connectivity index (χ4v) is 2.87. The molecule has 1 aromatic carbocycles. The maximum Gasteiger partial charge on any atom is 0.416 e. The number of nitrogens with two attached hydrogens (primary N) is 1. The Bertz CT molecular complexity index is 658. The second kappa shape index (κ2) is 9.04. The summed E-state index contributed by atoms with van der Waals surface area (Å²) in [6.45, 7) is 1.09. The number of hydrogen-bond acceptors (Lipinski definition) is 5. The summed E-state index contributed by atoms with van der Waals surface area (Å²) in [6, 6.07) is 2.26. The zero-order valence-electron chi connectivity index (χ0n) is 13.8. The molecular formula is C15H20ClF3N4O3. The van der Waals surface area contributed by atoms with Crippen molar-refractivity contribution >= 4 is 29.7 Å². The van der Waals surface area contributed by atoms with Crippen LogP contribution in [0.1, 0.15) is 24.8 Å². The normalized spacial score (nSPS) is 16.9. The zero-order valence-corrected chi connectivity index (χ0v) is 14.6. The van der Waals surface area contributed by atoms with E-state index >= 15 is 0 Å². The minimum atomic E-state index is -4.66.